The van der Waals surface area contributed by atoms with Crippen molar-refractivity contribution in [3.63, 3.8) is 0 Å². The molecule has 1 unspecified atom stereocenters. The van der Waals surface area contributed by atoms with E-state index in [-0.39, 0.29) is 5.82 Å². The van der Waals surface area contributed by atoms with Crippen LogP contribution in [0.5, 0.6) is 0 Å². The highest BCUT2D eigenvalue weighted by molar-refractivity contribution is 5.42. The minimum Gasteiger partial charge on any atom is -0.320 e. The van der Waals surface area contributed by atoms with E-state index < -0.39 is 17.8 Å². The first-order valence-corrected chi connectivity index (χ1v) is 6.39. The van der Waals surface area contributed by atoms with Crippen molar-refractivity contribution in [3.05, 3.63) is 70.0 Å². The van der Waals surface area contributed by atoms with E-state index in [9.17, 15) is 17.6 Å². The summed E-state index contributed by atoms with van der Waals surface area (Å²) >= 11 is 0. The number of rotatable bonds is 2. The van der Waals surface area contributed by atoms with E-state index in [4.69, 9.17) is 5.73 Å². The average Bonchev–Trinajstić information content (AvgIpc) is 2.36. The minimum atomic E-state index is -4.37. The zero-order valence-corrected chi connectivity index (χ0v) is 11.6. The summed E-state index contributed by atoms with van der Waals surface area (Å²) in [5.74, 6) is -0.353. The van der Waals surface area contributed by atoms with Crippen LogP contribution in [0.25, 0.3) is 0 Å². The lowest BCUT2D eigenvalue weighted by atomic mass is 9.91. The number of aryl methyl sites for hydroxylation is 2. The number of nitrogens with two attached hydrogens (primary N) is 1. The van der Waals surface area contributed by atoms with E-state index in [0.717, 1.165) is 17.7 Å². The maximum atomic E-state index is 13.3. The molecule has 0 amide bonds. The Labute approximate surface area is 120 Å². The van der Waals surface area contributed by atoms with E-state index in [0.29, 0.717) is 16.7 Å². The molecule has 0 spiro atoms. The third kappa shape index (κ3) is 3.24. The third-order valence-corrected chi connectivity index (χ3v) is 3.47. The van der Waals surface area contributed by atoms with Gasteiger partial charge in [0.15, 0.2) is 0 Å². The van der Waals surface area contributed by atoms with Gasteiger partial charge in [-0.1, -0.05) is 12.1 Å². The highest BCUT2D eigenvalue weighted by Crippen LogP contribution is 2.31. The second-order valence-corrected chi connectivity index (χ2v) is 5.05. The van der Waals surface area contributed by atoms with Crippen LogP contribution in [0.1, 0.15) is 33.9 Å². The molecule has 0 aliphatic rings. The molecule has 0 aliphatic carbocycles. The first-order valence-electron chi connectivity index (χ1n) is 6.39. The van der Waals surface area contributed by atoms with Crippen molar-refractivity contribution in [1.29, 1.82) is 0 Å². The van der Waals surface area contributed by atoms with Crippen LogP contribution in [-0.2, 0) is 6.18 Å². The molecule has 0 bridgehead atoms. The first-order chi connectivity index (χ1) is 9.70. The summed E-state index contributed by atoms with van der Waals surface area (Å²) in [7, 11) is 0. The number of halogens is 4. The van der Waals surface area contributed by atoms with Crippen molar-refractivity contribution in [2.45, 2.75) is 26.1 Å². The van der Waals surface area contributed by atoms with Gasteiger partial charge in [-0.15, -0.1) is 0 Å². The molecule has 0 fully saturated rings. The van der Waals surface area contributed by atoms with Crippen LogP contribution in [0.3, 0.4) is 0 Å². The summed E-state index contributed by atoms with van der Waals surface area (Å²) in [5.41, 5.74) is 8.06. The molecule has 1 nitrogen and oxygen atoms in total. The Bertz CT molecular complexity index is 621. The van der Waals surface area contributed by atoms with Gasteiger partial charge in [-0.2, -0.15) is 13.2 Å². The Kier molecular flexibility index (Phi) is 4.05. The molecule has 0 radical (unpaired) electrons. The van der Waals surface area contributed by atoms with Crippen LogP contribution in [0.15, 0.2) is 36.4 Å². The van der Waals surface area contributed by atoms with Gasteiger partial charge < -0.3 is 5.73 Å². The lowest BCUT2D eigenvalue weighted by Gasteiger charge is -2.19. The fraction of sp³-hybridized carbons (Fsp3) is 0.250. The minimum absolute atomic E-state index is 0.353. The molecule has 112 valence electrons. The van der Waals surface area contributed by atoms with Gasteiger partial charge in [-0.25, -0.2) is 4.39 Å². The van der Waals surface area contributed by atoms with Crippen LogP contribution in [0, 0.1) is 19.7 Å². The molecule has 21 heavy (non-hydrogen) atoms. The number of benzene rings is 2. The summed E-state index contributed by atoms with van der Waals surface area (Å²) in [6.07, 6.45) is -4.37. The Morgan fingerprint density at radius 3 is 1.86 bits per heavy atom. The summed E-state index contributed by atoms with van der Waals surface area (Å²) < 4.78 is 50.9. The van der Waals surface area contributed by atoms with E-state index in [1.807, 2.05) is 0 Å². The van der Waals surface area contributed by atoms with Crippen molar-refractivity contribution in [3.8, 4) is 0 Å². The van der Waals surface area contributed by atoms with E-state index >= 15 is 0 Å². The molecule has 0 heterocycles. The Hall–Kier alpha value is -1.88. The molecule has 1 atom stereocenters. The fourth-order valence-corrected chi connectivity index (χ4v) is 2.46. The van der Waals surface area contributed by atoms with Crippen LogP contribution in [0.4, 0.5) is 17.6 Å². The predicted octanol–water partition coefficient (Wildman–Crippen LogP) is 4.51. The molecule has 0 aliphatic heterocycles. The van der Waals surface area contributed by atoms with Gasteiger partial charge >= 0.3 is 6.18 Å². The monoisotopic (exact) mass is 297 g/mol. The lowest BCUT2D eigenvalue weighted by molar-refractivity contribution is -0.137. The molecule has 2 aromatic carbocycles. The summed E-state index contributed by atoms with van der Waals surface area (Å²) in [6, 6.07) is 6.87. The lowest BCUT2D eigenvalue weighted by Crippen LogP contribution is -2.15. The maximum Gasteiger partial charge on any atom is 0.416 e. The molecule has 0 aromatic heterocycles. The van der Waals surface area contributed by atoms with Crippen LogP contribution in [-0.4, -0.2) is 0 Å². The van der Waals surface area contributed by atoms with E-state index in [1.54, 1.807) is 13.8 Å². The predicted molar refractivity (Wildman–Crippen MR) is 73.3 cm³/mol. The molecule has 5 heteroatoms. The second-order valence-electron chi connectivity index (χ2n) is 5.05. The topological polar surface area (TPSA) is 26.0 Å². The van der Waals surface area contributed by atoms with Crippen molar-refractivity contribution < 1.29 is 17.6 Å². The molecule has 0 saturated carbocycles. The van der Waals surface area contributed by atoms with Gasteiger partial charge in [-0.3, -0.25) is 0 Å². The van der Waals surface area contributed by atoms with Crippen molar-refractivity contribution in [2.75, 3.05) is 0 Å². The Morgan fingerprint density at radius 1 is 0.952 bits per heavy atom. The SMILES string of the molecule is Cc1cc(F)cc(C)c1C(N)c1ccc(C(F)(F)F)cc1. The van der Waals surface area contributed by atoms with Gasteiger partial charge in [0.2, 0.25) is 0 Å². The van der Waals surface area contributed by atoms with E-state index in [1.165, 1.54) is 24.3 Å². The second kappa shape index (κ2) is 5.48. The van der Waals surface area contributed by atoms with Gasteiger partial charge in [0.05, 0.1) is 11.6 Å². The van der Waals surface area contributed by atoms with Crippen LogP contribution < -0.4 is 5.73 Å². The number of hydrogen-bond donors (Lipinski definition) is 1. The average molecular weight is 297 g/mol. The molecular weight excluding hydrogens is 282 g/mol. The van der Waals surface area contributed by atoms with E-state index in [2.05, 4.69) is 0 Å². The smallest absolute Gasteiger partial charge is 0.320 e. The van der Waals surface area contributed by atoms with Crippen LogP contribution in [0.2, 0.25) is 0 Å². The van der Waals surface area contributed by atoms with Gasteiger partial charge in [0.1, 0.15) is 5.82 Å². The normalized spacial score (nSPS) is 13.3. The quantitative estimate of drug-likeness (QED) is 0.811. The van der Waals surface area contributed by atoms with Gasteiger partial charge in [0.25, 0.3) is 0 Å². The Morgan fingerprint density at radius 2 is 1.43 bits per heavy atom. The zero-order valence-electron chi connectivity index (χ0n) is 11.6. The summed E-state index contributed by atoms with van der Waals surface area (Å²) in [4.78, 5) is 0. The van der Waals surface area contributed by atoms with Gasteiger partial charge in [-0.05, 0) is 60.4 Å². The zero-order chi connectivity index (χ0) is 15.8. The van der Waals surface area contributed by atoms with Crippen molar-refractivity contribution in [2.24, 2.45) is 5.73 Å². The molecular formula is C16H15F4N. The largest absolute Gasteiger partial charge is 0.416 e. The third-order valence-electron chi connectivity index (χ3n) is 3.47. The Balaban J connectivity index is 2.39. The fourth-order valence-electron chi connectivity index (χ4n) is 2.46. The molecule has 0 saturated heterocycles. The summed E-state index contributed by atoms with van der Waals surface area (Å²) in [5, 5.41) is 0. The number of hydrogen-bond acceptors (Lipinski definition) is 1. The maximum absolute atomic E-state index is 13.3. The standard InChI is InChI=1S/C16H15F4N/c1-9-7-13(17)8-10(2)14(9)15(21)11-3-5-12(6-4-11)16(18,19)20/h3-8,15H,21H2,1-2H3. The highest BCUT2D eigenvalue weighted by atomic mass is 19.4. The van der Waals surface area contributed by atoms with Gasteiger partial charge in [0, 0.05) is 0 Å². The molecule has 2 aromatic rings. The number of alkyl halides is 3. The molecule has 2 rings (SSSR count). The highest BCUT2D eigenvalue weighted by Gasteiger charge is 2.30. The van der Waals surface area contributed by atoms with Crippen molar-refractivity contribution >= 4 is 0 Å². The first kappa shape index (κ1) is 15.5. The summed E-state index contributed by atoms with van der Waals surface area (Å²) in [6.45, 7) is 3.46. The molecule has 2 N–H and O–H groups in total. The van der Waals surface area contributed by atoms with Crippen molar-refractivity contribution in [1.82, 2.24) is 0 Å². The van der Waals surface area contributed by atoms with Crippen LogP contribution >= 0.6 is 0 Å².